The zero-order chi connectivity index (χ0) is 19.3. The third kappa shape index (κ3) is 5.07. The summed E-state index contributed by atoms with van der Waals surface area (Å²) >= 11 is 0. The fourth-order valence-corrected chi connectivity index (χ4v) is 3.66. The van der Waals surface area contributed by atoms with Crippen LogP contribution in [0.4, 0.5) is 11.4 Å². The summed E-state index contributed by atoms with van der Waals surface area (Å²) in [7, 11) is -3.63. The third-order valence-corrected chi connectivity index (χ3v) is 4.92. The van der Waals surface area contributed by atoms with Crippen LogP contribution in [-0.4, -0.2) is 27.1 Å². The van der Waals surface area contributed by atoms with Crippen molar-refractivity contribution in [3.05, 3.63) is 59.2 Å². The van der Waals surface area contributed by atoms with Crippen molar-refractivity contribution in [2.75, 3.05) is 22.4 Å². The first-order valence-electron chi connectivity index (χ1n) is 8.05. The average Bonchev–Trinajstić information content (AvgIpc) is 2.53. The van der Waals surface area contributed by atoms with E-state index in [4.69, 9.17) is 0 Å². The number of anilines is 2. The fourth-order valence-electron chi connectivity index (χ4n) is 2.72. The van der Waals surface area contributed by atoms with Gasteiger partial charge in [-0.15, -0.1) is 0 Å². The van der Waals surface area contributed by atoms with Crippen molar-refractivity contribution in [1.29, 1.82) is 5.26 Å². The van der Waals surface area contributed by atoms with Crippen LogP contribution in [0.5, 0.6) is 0 Å². The summed E-state index contributed by atoms with van der Waals surface area (Å²) in [6.07, 6.45) is 1.03. The van der Waals surface area contributed by atoms with E-state index in [1.807, 2.05) is 38.1 Å². The van der Waals surface area contributed by atoms with Crippen molar-refractivity contribution in [2.24, 2.45) is 0 Å². The number of sulfonamides is 1. The predicted molar refractivity (Wildman–Crippen MR) is 103 cm³/mol. The lowest BCUT2D eigenvalue weighted by atomic mass is 10.1. The van der Waals surface area contributed by atoms with Crippen LogP contribution in [0.2, 0.25) is 0 Å². The number of nitrogens with one attached hydrogen (secondary N) is 1. The lowest BCUT2D eigenvalue weighted by Gasteiger charge is -2.23. The number of para-hydroxylation sites is 1. The fraction of sp³-hybridized carbons (Fsp3) is 0.263. The standard InChI is InChI=1S/C19H21N3O3S/c1-14-10-15(2)12-17(11-14)21-19(23)8-9-22(26(3,24)25)18-7-5-4-6-16(18)13-20/h4-7,10-12H,8-9H2,1-3H3,(H,21,23). The van der Waals surface area contributed by atoms with Gasteiger partial charge in [0, 0.05) is 18.7 Å². The molecule has 0 bridgehead atoms. The molecule has 0 saturated carbocycles. The molecule has 26 heavy (non-hydrogen) atoms. The highest BCUT2D eigenvalue weighted by atomic mass is 32.2. The van der Waals surface area contributed by atoms with Crippen LogP contribution >= 0.6 is 0 Å². The summed E-state index contributed by atoms with van der Waals surface area (Å²) in [4.78, 5) is 12.3. The Labute approximate surface area is 154 Å². The van der Waals surface area contributed by atoms with Crippen LogP contribution in [0.15, 0.2) is 42.5 Å². The van der Waals surface area contributed by atoms with Gasteiger partial charge in [0.1, 0.15) is 6.07 Å². The number of hydrogen-bond acceptors (Lipinski definition) is 4. The molecular weight excluding hydrogens is 350 g/mol. The first-order chi connectivity index (χ1) is 12.2. The molecule has 2 aromatic rings. The number of amides is 1. The smallest absolute Gasteiger partial charge is 0.232 e. The lowest BCUT2D eigenvalue weighted by molar-refractivity contribution is -0.116. The van der Waals surface area contributed by atoms with Crippen LogP contribution in [0.25, 0.3) is 0 Å². The van der Waals surface area contributed by atoms with Crippen molar-refractivity contribution >= 4 is 27.3 Å². The maximum absolute atomic E-state index is 12.3. The summed E-state index contributed by atoms with van der Waals surface area (Å²) in [5.74, 6) is -0.293. The van der Waals surface area contributed by atoms with E-state index in [0.29, 0.717) is 5.69 Å². The Morgan fingerprint density at radius 3 is 2.35 bits per heavy atom. The minimum atomic E-state index is -3.63. The van der Waals surface area contributed by atoms with Crippen molar-refractivity contribution in [3.63, 3.8) is 0 Å². The molecule has 0 aliphatic rings. The SMILES string of the molecule is Cc1cc(C)cc(NC(=O)CCN(c2ccccc2C#N)S(C)(=O)=O)c1. The molecule has 0 atom stereocenters. The van der Waals surface area contributed by atoms with E-state index in [1.165, 1.54) is 0 Å². The molecule has 0 fully saturated rings. The van der Waals surface area contributed by atoms with Crippen LogP contribution in [-0.2, 0) is 14.8 Å². The van der Waals surface area contributed by atoms with E-state index in [1.54, 1.807) is 24.3 Å². The molecule has 1 amide bonds. The molecule has 0 heterocycles. The second kappa shape index (κ2) is 8.02. The predicted octanol–water partition coefficient (Wildman–Crippen LogP) is 2.97. The van der Waals surface area contributed by atoms with E-state index >= 15 is 0 Å². The molecule has 0 aromatic heterocycles. The first kappa shape index (κ1) is 19.5. The van der Waals surface area contributed by atoms with E-state index in [0.717, 1.165) is 21.7 Å². The summed E-state index contributed by atoms with van der Waals surface area (Å²) < 4.78 is 25.4. The van der Waals surface area contributed by atoms with E-state index in [-0.39, 0.29) is 30.1 Å². The second-order valence-corrected chi connectivity index (χ2v) is 8.05. The van der Waals surface area contributed by atoms with Gasteiger partial charge in [-0.1, -0.05) is 18.2 Å². The minimum absolute atomic E-state index is 0.0280. The van der Waals surface area contributed by atoms with Gasteiger partial charge in [0.05, 0.1) is 17.5 Å². The van der Waals surface area contributed by atoms with Gasteiger partial charge >= 0.3 is 0 Å². The second-order valence-electron chi connectivity index (χ2n) is 6.14. The number of hydrogen-bond donors (Lipinski definition) is 1. The molecule has 0 aliphatic carbocycles. The van der Waals surface area contributed by atoms with Gasteiger partial charge < -0.3 is 5.32 Å². The summed E-state index contributed by atoms with van der Waals surface area (Å²) in [5, 5.41) is 12.0. The number of nitriles is 1. The molecule has 0 radical (unpaired) electrons. The van der Waals surface area contributed by atoms with Crippen molar-refractivity contribution in [1.82, 2.24) is 0 Å². The number of nitrogens with zero attached hydrogens (tertiary/aromatic N) is 2. The van der Waals surface area contributed by atoms with Crippen molar-refractivity contribution < 1.29 is 13.2 Å². The van der Waals surface area contributed by atoms with Crippen LogP contribution in [0, 0.1) is 25.2 Å². The highest BCUT2D eigenvalue weighted by molar-refractivity contribution is 7.92. The Morgan fingerprint density at radius 1 is 1.15 bits per heavy atom. The number of benzene rings is 2. The largest absolute Gasteiger partial charge is 0.326 e. The van der Waals surface area contributed by atoms with Crippen molar-refractivity contribution in [3.8, 4) is 6.07 Å². The summed E-state index contributed by atoms with van der Waals surface area (Å²) in [5.41, 5.74) is 3.25. The van der Waals surface area contributed by atoms with Crippen LogP contribution in [0.1, 0.15) is 23.1 Å². The monoisotopic (exact) mass is 371 g/mol. The Hall–Kier alpha value is -2.85. The molecule has 7 heteroatoms. The average molecular weight is 371 g/mol. The van der Waals surface area contributed by atoms with Crippen molar-refractivity contribution in [2.45, 2.75) is 20.3 Å². The number of rotatable bonds is 6. The molecule has 1 N–H and O–H groups in total. The third-order valence-electron chi connectivity index (χ3n) is 3.74. The Balaban J connectivity index is 2.15. The van der Waals surface area contributed by atoms with Gasteiger partial charge in [0.2, 0.25) is 15.9 Å². The zero-order valence-electron chi connectivity index (χ0n) is 15.0. The molecule has 136 valence electrons. The topological polar surface area (TPSA) is 90.3 Å². The van der Waals surface area contributed by atoms with Crippen LogP contribution in [0.3, 0.4) is 0 Å². The van der Waals surface area contributed by atoms with Gasteiger partial charge in [0.25, 0.3) is 0 Å². The maximum Gasteiger partial charge on any atom is 0.232 e. The van der Waals surface area contributed by atoms with E-state index in [2.05, 4.69) is 5.32 Å². The number of carbonyl (C=O) groups is 1. The van der Waals surface area contributed by atoms with Gasteiger partial charge in [-0.25, -0.2) is 8.42 Å². The quantitative estimate of drug-likeness (QED) is 0.845. The van der Waals surface area contributed by atoms with Gasteiger partial charge in [-0.3, -0.25) is 9.10 Å². The summed E-state index contributed by atoms with van der Waals surface area (Å²) in [6, 6.07) is 14.1. The van der Waals surface area contributed by atoms with E-state index in [9.17, 15) is 18.5 Å². The number of carbonyl (C=O) groups excluding carboxylic acids is 1. The molecule has 2 rings (SSSR count). The Bertz CT molecular complexity index is 942. The van der Waals surface area contributed by atoms with E-state index < -0.39 is 10.0 Å². The van der Waals surface area contributed by atoms with Gasteiger partial charge in [-0.2, -0.15) is 5.26 Å². The molecular formula is C19H21N3O3S. The normalized spacial score (nSPS) is 10.8. The summed E-state index contributed by atoms with van der Waals surface area (Å²) in [6.45, 7) is 3.83. The Kier molecular flexibility index (Phi) is 6.01. The van der Waals surface area contributed by atoms with Crippen LogP contribution < -0.4 is 9.62 Å². The Morgan fingerprint density at radius 2 is 1.77 bits per heavy atom. The molecule has 6 nitrogen and oxygen atoms in total. The highest BCUT2D eigenvalue weighted by Gasteiger charge is 2.21. The van der Waals surface area contributed by atoms with Gasteiger partial charge in [0.15, 0.2) is 0 Å². The molecule has 0 spiro atoms. The number of aryl methyl sites for hydroxylation is 2. The highest BCUT2D eigenvalue weighted by Crippen LogP contribution is 2.22. The molecule has 0 unspecified atom stereocenters. The van der Waals surface area contributed by atoms with Gasteiger partial charge in [-0.05, 0) is 49.2 Å². The molecule has 2 aromatic carbocycles. The first-order valence-corrected chi connectivity index (χ1v) is 9.90. The maximum atomic E-state index is 12.3. The molecule has 0 saturated heterocycles. The molecule has 0 aliphatic heterocycles. The zero-order valence-corrected chi connectivity index (χ0v) is 15.8. The minimum Gasteiger partial charge on any atom is -0.326 e. The lowest BCUT2D eigenvalue weighted by Crippen LogP contribution is -2.33.